The minimum atomic E-state index is -0.584. The van der Waals surface area contributed by atoms with Crippen molar-refractivity contribution < 1.29 is 23.8 Å². The van der Waals surface area contributed by atoms with E-state index in [0.29, 0.717) is 28.5 Å². The Bertz CT molecular complexity index is 968. The summed E-state index contributed by atoms with van der Waals surface area (Å²) in [4.78, 5) is 25.2. The topological polar surface area (TPSA) is 73.9 Å². The van der Waals surface area contributed by atoms with E-state index in [1.165, 1.54) is 7.11 Å². The highest BCUT2D eigenvalue weighted by Gasteiger charge is 2.17. The van der Waals surface area contributed by atoms with Crippen LogP contribution in [0.3, 0.4) is 0 Å². The van der Waals surface area contributed by atoms with Crippen LogP contribution in [0.2, 0.25) is 0 Å². The molecule has 6 nitrogen and oxygen atoms in total. The molecular formula is C22H19NO5. The van der Waals surface area contributed by atoms with Crippen molar-refractivity contribution in [1.29, 1.82) is 0 Å². The molecule has 6 heteroatoms. The number of ether oxygens (including phenoxy) is 3. The Morgan fingerprint density at radius 2 is 1.39 bits per heavy atom. The van der Waals surface area contributed by atoms with Gasteiger partial charge in [0.05, 0.1) is 25.5 Å². The molecule has 0 atom stereocenters. The van der Waals surface area contributed by atoms with Gasteiger partial charge in [-0.1, -0.05) is 18.2 Å². The molecule has 0 aliphatic heterocycles. The van der Waals surface area contributed by atoms with Gasteiger partial charge in [0.2, 0.25) is 0 Å². The number of amides is 1. The molecule has 0 bridgehead atoms. The predicted octanol–water partition coefficient (Wildman–Crippen LogP) is 4.18. The van der Waals surface area contributed by atoms with Crippen LogP contribution in [0.4, 0.5) is 5.69 Å². The smallest absolute Gasteiger partial charge is 0.345 e. The van der Waals surface area contributed by atoms with E-state index in [-0.39, 0.29) is 11.5 Å². The summed E-state index contributed by atoms with van der Waals surface area (Å²) in [7, 11) is 3.06. The molecule has 0 radical (unpaired) electrons. The van der Waals surface area contributed by atoms with Gasteiger partial charge in [0.25, 0.3) is 5.91 Å². The highest BCUT2D eigenvalue weighted by atomic mass is 16.5. The first-order valence-corrected chi connectivity index (χ1v) is 8.51. The summed E-state index contributed by atoms with van der Waals surface area (Å²) in [5.74, 6) is 0.602. The molecule has 0 heterocycles. The SMILES string of the molecule is COc1ccc(C(=O)Nc2cc(OC)ccc2C(=O)Oc2ccccc2)cc1. The Morgan fingerprint density at radius 1 is 0.750 bits per heavy atom. The standard InChI is InChI=1S/C22H19NO5/c1-26-16-10-8-15(9-11-16)21(24)23-20-14-18(27-2)12-13-19(20)22(25)28-17-6-4-3-5-7-17/h3-14H,1-2H3,(H,23,24). The van der Waals surface area contributed by atoms with Gasteiger partial charge in [0.1, 0.15) is 17.2 Å². The van der Waals surface area contributed by atoms with Crippen LogP contribution in [0.25, 0.3) is 0 Å². The van der Waals surface area contributed by atoms with Gasteiger partial charge < -0.3 is 19.5 Å². The van der Waals surface area contributed by atoms with Crippen molar-refractivity contribution in [3.05, 3.63) is 83.9 Å². The van der Waals surface area contributed by atoms with E-state index >= 15 is 0 Å². The van der Waals surface area contributed by atoms with E-state index in [9.17, 15) is 9.59 Å². The molecule has 0 saturated heterocycles. The van der Waals surface area contributed by atoms with Crippen LogP contribution in [0.15, 0.2) is 72.8 Å². The zero-order valence-corrected chi connectivity index (χ0v) is 15.5. The molecule has 0 aliphatic carbocycles. The lowest BCUT2D eigenvalue weighted by atomic mass is 10.1. The molecule has 3 aromatic rings. The number of methoxy groups -OCH3 is 2. The number of carbonyl (C=O) groups is 2. The van der Waals surface area contributed by atoms with Crippen LogP contribution >= 0.6 is 0 Å². The fourth-order valence-electron chi connectivity index (χ4n) is 2.52. The highest BCUT2D eigenvalue weighted by Crippen LogP contribution is 2.25. The van der Waals surface area contributed by atoms with Gasteiger partial charge in [0, 0.05) is 11.6 Å². The van der Waals surface area contributed by atoms with Gasteiger partial charge in [-0.2, -0.15) is 0 Å². The largest absolute Gasteiger partial charge is 0.497 e. The predicted molar refractivity (Wildman–Crippen MR) is 105 cm³/mol. The molecule has 3 rings (SSSR count). The molecule has 3 aromatic carbocycles. The first kappa shape index (κ1) is 19.0. The third-order valence-corrected chi connectivity index (χ3v) is 4.00. The number of para-hydroxylation sites is 1. The van der Waals surface area contributed by atoms with Crippen LogP contribution in [0, 0.1) is 0 Å². The van der Waals surface area contributed by atoms with Gasteiger partial charge in [-0.3, -0.25) is 4.79 Å². The lowest BCUT2D eigenvalue weighted by Crippen LogP contribution is -2.17. The van der Waals surface area contributed by atoms with E-state index in [1.54, 1.807) is 73.8 Å². The van der Waals surface area contributed by atoms with Crippen LogP contribution in [0.1, 0.15) is 20.7 Å². The fourth-order valence-corrected chi connectivity index (χ4v) is 2.52. The molecule has 142 valence electrons. The Hall–Kier alpha value is -3.80. The third kappa shape index (κ3) is 4.48. The fraction of sp³-hybridized carbons (Fsp3) is 0.0909. The van der Waals surface area contributed by atoms with Crippen LogP contribution in [-0.2, 0) is 0 Å². The Labute approximate surface area is 162 Å². The summed E-state index contributed by atoms with van der Waals surface area (Å²) >= 11 is 0. The minimum Gasteiger partial charge on any atom is -0.497 e. The number of carbonyl (C=O) groups excluding carboxylic acids is 2. The van der Waals surface area contributed by atoms with Gasteiger partial charge in [-0.25, -0.2) is 4.79 Å². The summed E-state index contributed by atoms with van der Waals surface area (Å²) in [5.41, 5.74) is 0.929. The van der Waals surface area contributed by atoms with E-state index in [1.807, 2.05) is 6.07 Å². The van der Waals surface area contributed by atoms with Crippen molar-refractivity contribution in [3.8, 4) is 17.2 Å². The van der Waals surface area contributed by atoms with Crippen LogP contribution < -0.4 is 19.5 Å². The number of rotatable bonds is 6. The first-order chi connectivity index (χ1) is 13.6. The van der Waals surface area contributed by atoms with E-state index < -0.39 is 5.97 Å². The maximum Gasteiger partial charge on any atom is 0.345 e. The lowest BCUT2D eigenvalue weighted by Gasteiger charge is -2.13. The van der Waals surface area contributed by atoms with E-state index in [0.717, 1.165) is 0 Å². The number of benzene rings is 3. The van der Waals surface area contributed by atoms with Crippen LogP contribution in [-0.4, -0.2) is 26.1 Å². The van der Waals surface area contributed by atoms with Crippen molar-refractivity contribution in [2.24, 2.45) is 0 Å². The summed E-state index contributed by atoms with van der Waals surface area (Å²) in [6.45, 7) is 0. The second-order valence-corrected chi connectivity index (χ2v) is 5.80. The van der Waals surface area contributed by atoms with E-state index in [4.69, 9.17) is 14.2 Å². The van der Waals surface area contributed by atoms with E-state index in [2.05, 4.69) is 5.32 Å². The van der Waals surface area contributed by atoms with Crippen molar-refractivity contribution in [2.75, 3.05) is 19.5 Å². The van der Waals surface area contributed by atoms with Crippen molar-refractivity contribution in [3.63, 3.8) is 0 Å². The Kier molecular flexibility index (Phi) is 5.91. The monoisotopic (exact) mass is 377 g/mol. The van der Waals surface area contributed by atoms with Gasteiger partial charge in [-0.15, -0.1) is 0 Å². The lowest BCUT2D eigenvalue weighted by molar-refractivity contribution is 0.0736. The average Bonchev–Trinajstić information content (AvgIpc) is 2.74. The van der Waals surface area contributed by atoms with Gasteiger partial charge in [-0.05, 0) is 48.5 Å². The summed E-state index contributed by atoms with van der Waals surface area (Å²) in [5, 5.41) is 2.75. The molecule has 1 N–H and O–H groups in total. The number of hydrogen-bond acceptors (Lipinski definition) is 5. The van der Waals surface area contributed by atoms with Crippen molar-refractivity contribution >= 4 is 17.6 Å². The Morgan fingerprint density at radius 3 is 2.04 bits per heavy atom. The molecule has 28 heavy (non-hydrogen) atoms. The Balaban J connectivity index is 1.85. The molecule has 0 spiro atoms. The number of anilines is 1. The summed E-state index contributed by atoms with van der Waals surface area (Å²) < 4.78 is 15.7. The molecule has 0 fully saturated rings. The maximum atomic E-state index is 12.6. The second-order valence-electron chi connectivity index (χ2n) is 5.80. The first-order valence-electron chi connectivity index (χ1n) is 8.51. The molecule has 0 aliphatic rings. The average molecular weight is 377 g/mol. The molecule has 1 amide bonds. The summed E-state index contributed by atoms with van der Waals surface area (Å²) in [6, 6.07) is 20.1. The highest BCUT2D eigenvalue weighted by molar-refractivity contribution is 6.08. The quantitative estimate of drug-likeness (QED) is 0.515. The van der Waals surface area contributed by atoms with Crippen LogP contribution in [0.5, 0.6) is 17.2 Å². The second kappa shape index (κ2) is 8.73. The molecule has 0 aromatic heterocycles. The van der Waals surface area contributed by atoms with Crippen molar-refractivity contribution in [2.45, 2.75) is 0 Å². The number of esters is 1. The maximum absolute atomic E-state index is 12.6. The zero-order valence-electron chi connectivity index (χ0n) is 15.5. The van der Waals surface area contributed by atoms with Gasteiger partial charge in [0.15, 0.2) is 0 Å². The summed E-state index contributed by atoms with van der Waals surface area (Å²) in [6.07, 6.45) is 0. The third-order valence-electron chi connectivity index (χ3n) is 4.00. The minimum absolute atomic E-state index is 0.214. The van der Waals surface area contributed by atoms with Gasteiger partial charge >= 0.3 is 5.97 Å². The molecule has 0 unspecified atom stereocenters. The van der Waals surface area contributed by atoms with Crippen molar-refractivity contribution in [1.82, 2.24) is 0 Å². The number of nitrogens with one attached hydrogen (secondary N) is 1. The molecule has 0 saturated carbocycles. The number of hydrogen-bond donors (Lipinski definition) is 1. The zero-order chi connectivity index (χ0) is 19.9. The normalized spacial score (nSPS) is 10.1. The molecular weight excluding hydrogens is 358 g/mol.